The summed E-state index contributed by atoms with van der Waals surface area (Å²) in [6, 6.07) is 8.28. The van der Waals surface area contributed by atoms with E-state index in [9.17, 15) is 0 Å². The van der Waals surface area contributed by atoms with Gasteiger partial charge in [-0.25, -0.2) is 0 Å². The molecule has 2 N–H and O–H groups in total. The molecule has 1 aromatic carbocycles. The summed E-state index contributed by atoms with van der Waals surface area (Å²) >= 11 is 0. The molecule has 0 aromatic heterocycles. The summed E-state index contributed by atoms with van der Waals surface area (Å²) in [7, 11) is 3.88. The second kappa shape index (κ2) is 9.44. The minimum Gasteiger partial charge on any atom is -0.318 e. The molecule has 0 heterocycles. The molecule has 1 rings (SSSR count). The molecular formula is C13H22N2. The molecule has 1 aromatic rings. The van der Waals surface area contributed by atoms with Crippen LogP contribution in [0.15, 0.2) is 30.8 Å². The van der Waals surface area contributed by atoms with Crippen molar-refractivity contribution >= 4 is 6.08 Å². The molecule has 0 unspecified atom stereocenters. The zero-order valence-electron chi connectivity index (χ0n) is 10.0. The van der Waals surface area contributed by atoms with Gasteiger partial charge in [-0.3, -0.25) is 0 Å². The van der Waals surface area contributed by atoms with Crippen molar-refractivity contribution in [3.05, 3.63) is 42.0 Å². The lowest BCUT2D eigenvalue weighted by atomic mass is 10.2. The van der Waals surface area contributed by atoms with E-state index >= 15 is 0 Å². The fourth-order valence-electron chi connectivity index (χ4n) is 0.953. The lowest BCUT2D eigenvalue weighted by molar-refractivity contribution is 0.718. The number of likely N-dealkylation sites (N-methyl/N-ethyl adjacent to an activating group) is 2. The molecule has 0 radical (unpaired) electrons. The van der Waals surface area contributed by atoms with Gasteiger partial charge in [0.15, 0.2) is 0 Å². The first-order valence-corrected chi connectivity index (χ1v) is 5.23. The van der Waals surface area contributed by atoms with Crippen LogP contribution in [0.25, 0.3) is 6.08 Å². The van der Waals surface area contributed by atoms with Gasteiger partial charge in [0, 0.05) is 13.1 Å². The largest absolute Gasteiger partial charge is 0.318 e. The Kier molecular flexibility index (Phi) is 8.73. The summed E-state index contributed by atoms with van der Waals surface area (Å²) < 4.78 is 0. The van der Waals surface area contributed by atoms with Crippen LogP contribution >= 0.6 is 0 Å². The number of hydrogen-bond acceptors (Lipinski definition) is 2. The van der Waals surface area contributed by atoms with Crippen LogP contribution in [0.2, 0.25) is 0 Å². The van der Waals surface area contributed by atoms with Gasteiger partial charge in [0.05, 0.1) is 0 Å². The second-order valence-electron chi connectivity index (χ2n) is 3.32. The molecule has 0 saturated heterocycles. The van der Waals surface area contributed by atoms with E-state index in [0.717, 1.165) is 13.1 Å². The van der Waals surface area contributed by atoms with Gasteiger partial charge in [0.25, 0.3) is 0 Å². The lowest BCUT2D eigenvalue weighted by Gasteiger charge is -1.92. The van der Waals surface area contributed by atoms with Gasteiger partial charge in [-0.15, -0.1) is 0 Å². The van der Waals surface area contributed by atoms with Crippen LogP contribution in [0.4, 0.5) is 0 Å². The van der Waals surface area contributed by atoms with E-state index < -0.39 is 0 Å². The van der Waals surface area contributed by atoms with Crippen molar-refractivity contribution in [2.24, 2.45) is 0 Å². The summed E-state index contributed by atoms with van der Waals surface area (Å²) in [5, 5.41) is 6.01. The molecule has 0 spiro atoms. The summed E-state index contributed by atoms with van der Waals surface area (Å²) in [5.41, 5.74) is 2.47. The predicted octanol–water partition coefficient (Wildman–Crippen LogP) is 2.06. The summed E-state index contributed by atoms with van der Waals surface area (Å²) in [6.07, 6.45) is 1.85. The monoisotopic (exact) mass is 206 g/mol. The van der Waals surface area contributed by atoms with Crippen LogP contribution in [0.3, 0.4) is 0 Å². The predicted molar refractivity (Wildman–Crippen MR) is 69.1 cm³/mol. The van der Waals surface area contributed by atoms with Gasteiger partial charge in [-0.05, 0) is 26.6 Å². The third-order valence-electron chi connectivity index (χ3n) is 1.94. The van der Waals surface area contributed by atoms with Crippen molar-refractivity contribution in [2.75, 3.05) is 27.2 Å². The van der Waals surface area contributed by atoms with Crippen molar-refractivity contribution in [1.29, 1.82) is 0 Å². The molecule has 0 bridgehead atoms. The number of aryl methyl sites for hydroxylation is 1. The minimum absolute atomic E-state index is 1.05. The zero-order valence-corrected chi connectivity index (χ0v) is 10.0. The highest BCUT2D eigenvalue weighted by Crippen LogP contribution is 2.02. The number of rotatable bonds is 4. The van der Waals surface area contributed by atoms with Crippen molar-refractivity contribution in [1.82, 2.24) is 10.6 Å². The first-order valence-electron chi connectivity index (χ1n) is 5.23. The Labute approximate surface area is 93.4 Å². The molecule has 0 fully saturated rings. The van der Waals surface area contributed by atoms with E-state index in [2.05, 4.69) is 48.4 Å². The Bertz CT molecular complexity index is 248. The van der Waals surface area contributed by atoms with E-state index in [0.29, 0.717) is 0 Å². The van der Waals surface area contributed by atoms with Crippen molar-refractivity contribution < 1.29 is 0 Å². The van der Waals surface area contributed by atoms with E-state index in [-0.39, 0.29) is 0 Å². The maximum Gasteiger partial charge on any atom is 0.00736 e. The molecule has 0 aliphatic rings. The van der Waals surface area contributed by atoms with Gasteiger partial charge < -0.3 is 10.6 Å². The first-order chi connectivity index (χ1) is 7.24. The Morgan fingerprint density at radius 2 is 1.53 bits per heavy atom. The fourth-order valence-corrected chi connectivity index (χ4v) is 0.953. The zero-order chi connectivity index (χ0) is 11.5. The Hall–Kier alpha value is -1.12. The highest BCUT2D eigenvalue weighted by molar-refractivity contribution is 5.46. The van der Waals surface area contributed by atoms with Crippen LogP contribution in [-0.2, 0) is 0 Å². The molecule has 0 atom stereocenters. The average molecular weight is 206 g/mol. The first kappa shape index (κ1) is 13.9. The third kappa shape index (κ3) is 7.91. The highest BCUT2D eigenvalue weighted by atomic mass is 14.9. The second-order valence-corrected chi connectivity index (χ2v) is 3.32. The molecule has 2 nitrogen and oxygen atoms in total. The molecule has 0 aliphatic heterocycles. The maximum absolute atomic E-state index is 3.66. The Morgan fingerprint density at radius 1 is 1.07 bits per heavy atom. The third-order valence-corrected chi connectivity index (χ3v) is 1.94. The number of nitrogens with one attached hydrogen (secondary N) is 2. The minimum atomic E-state index is 1.05. The quantitative estimate of drug-likeness (QED) is 0.737. The molecule has 0 saturated carbocycles. The smallest absolute Gasteiger partial charge is 0.00736 e. The van der Waals surface area contributed by atoms with Gasteiger partial charge in [-0.2, -0.15) is 0 Å². The van der Waals surface area contributed by atoms with Crippen LogP contribution in [0.5, 0.6) is 0 Å². The molecule has 0 amide bonds. The van der Waals surface area contributed by atoms with Crippen LogP contribution in [0, 0.1) is 6.92 Å². The van der Waals surface area contributed by atoms with E-state index in [1.165, 1.54) is 11.1 Å². The van der Waals surface area contributed by atoms with Gasteiger partial charge in [0.2, 0.25) is 0 Å². The van der Waals surface area contributed by atoms with E-state index in [1.807, 2.05) is 20.2 Å². The summed E-state index contributed by atoms with van der Waals surface area (Å²) in [5.74, 6) is 0. The highest BCUT2D eigenvalue weighted by Gasteiger charge is 1.82. The molecule has 84 valence electrons. The topological polar surface area (TPSA) is 24.1 Å². The fraction of sp³-hybridized carbons (Fsp3) is 0.385. The molecule has 15 heavy (non-hydrogen) atoms. The van der Waals surface area contributed by atoms with E-state index in [1.54, 1.807) is 0 Å². The molecular weight excluding hydrogens is 184 g/mol. The Balaban J connectivity index is 0.000000288. The average Bonchev–Trinajstić information content (AvgIpc) is 2.28. The van der Waals surface area contributed by atoms with Crippen molar-refractivity contribution in [2.45, 2.75) is 6.92 Å². The molecule has 2 heteroatoms. The summed E-state index contributed by atoms with van der Waals surface area (Å²) in [4.78, 5) is 0. The standard InChI is InChI=1S/C9H10.C4H12N2/c1-3-9-6-4-8(2)5-7-9;1-5-3-4-6-2/h3-7H,1H2,2H3;5-6H,3-4H2,1-2H3. The van der Waals surface area contributed by atoms with Crippen LogP contribution in [0.1, 0.15) is 11.1 Å². The summed E-state index contributed by atoms with van der Waals surface area (Å²) in [6.45, 7) is 7.84. The lowest BCUT2D eigenvalue weighted by Crippen LogP contribution is -2.21. The maximum atomic E-state index is 3.66. The van der Waals surface area contributed by atoms with Gasteiger partial charge in [0.1, 0.15) is 0 Å². The van der Waals surface area contributed by atoms with Crippen molar-refractivity contribution in [3.63, 3.8) is 0 Å². The normalized spacial score (nSPS) is 9.00. The molecule has 0 aliphatic carbocycles. The SMILES string of the molecule is C=Cc1ccc(C)cc1.CNCCNC. The van der Waals surface area contributed by atoms with E-state index in [4.69, 9.17) is 0 Å². The van der Waals surface area contributed by atoms with Gasteiger partial charge >= 0.3 is 0 Å². The van der Waals surface area contributed by atoms with Crippen LogP contribution < -0.4 is 10.6 Å². The van der Waals surface area contributed by atoms with Crippen molar-refractivity contribution in [3.8, 4) is 0 Å². The number of hydrogen-bond donors (Lipinski definition) is 2. The van der Waals surface area contributed by atoms with Gasteiger partial charge in [-0.1, -0.05) is 42.5 Å². The Morgan fingerprint density at radius 3 is 1.87 bits per heavy atom. The van der Waals surface area contributed by atoms with Crippen LogP contribution in [-0.4, -0.2) is 27.2 Å². The number of benzene rings is 1.